The number of esters is 1. The van der Waals surface area contributed by atoms with Gasteiger partial charge in [0.15, 0.2) is 0 Å². The molecule has 0 aliphatic heterocycles. The van der Waals surface area contributed by atoms with Gasteiger partial charge in [0.05, 0.1) is 7.11 Å². The number of hydrogen-bond acceptors (Lipinski definition) is 3. The van der Waals surface area contributed by atoms with Gasteiger partial charge in [-0.15, -0.1) is 11.8 Å². The Labute approximate surface area is 77.6 Å². The van der Waals surface area contributed by atoms with Crippen molar-refractivity contribution in [1.29, 1.82) is 0 Å². The Morgan fingerprint density at radius 3 is 2.54 bits per heavy atom. The molecule has 0 fully saturated rings. The van der Waals surface area contributed by atoms with Crippen LogP contribution in [0.25, 0.3) is 0 Å². The number of amides is 1. The summed E-state index contributed by atoms with van der Waals surface area (Å²) < 4.78 is 4.49. The van der Waals surface area contributed by atoms with E-state index in [0.29, 0.717) is 0 Å². The van der Waals surface area contributed by atoms with Crippen LogP contribution in [0.2, 0.25) is 0 Å². The third kappa shape index (κ3) is 4.86. The van der Waals surface area contributed by atoms with Crippen LogP contribution in [0.3, 0.4) is 0 Å². The summed E-state index contributed by atoms with van der Waals surface area (Å²) in [6.07, 6.45) is 0.281. The highest BCUT2D eigenvalue weighted by Crippen LogP contribution is 1.93. The van der Waals surface area contributed by atoms with E-state index in [1.54, 1.807) is 6.92 Å². The van der Waals surface area contributed by atoms with E-state index in [1.807, 2.05) is 0 Å². The number of ether oxygens (including phenoxy) is 1. The summed E-state index contributed by atoms with van der Waals surface area (Å²) in [5.74, 6) is 4.60. The Morgan fingerprint density at radius 2 is 2.15 bits per heavy atom. The molecule has 1 atom stereocenters. The average Bonchev–Trinajstić information content (AvgIpc) is 2.10. The van der Waals surface area contributed by atoms with Gasteiger partial charge in [-0.05, 0) is 6.92 Å². The summed E-state index contributed by atoms with van der Waals surface area (Å²) in [4.78, 5) is 21.7. The third-order valence-electron chi connectivity index (χ3n) is 1.35. The van der Waals surface area contributed by atoms with Crippen LogP contribution in [0, 0.1) is 11.8 Å². The van der Waals surface area contributed by atoms with Crippen molar-refractivity contribution in [2.24, 2.45) is 0 Å². The van der Waals surface area contributed by atoms with Crippen molar-refractivity contribution in [1.82, 2.24) is 5.32 Å². The fourth-order valence-electron chi connectivity index (χ4n) is 0.785. The second-order valence-electron chi connectivity index (χ2n) is 2.41. The Kier molecular flexibility index (Phi) is 5.37. The van der Waals surface area contributed by atoms with Crippen molar-refractivity contribution in [3.63, 3.8) is 0 Å². The van der Waals surface area contributed by atoms with Crippen LogP contribution in [0.1, 0.15) is 20.3 Å². The molecule has 72 valence electrons. The largest absolute Gasteiger partial charge is 0.467 e. The maximum absolute atomic E-state index is 11.0. The number of hydrogen-bond donors (Lipinski definition) is 1. The zero-order valence-corrected chi connectivity index (χ0v) is 8.01. The Hall–Kier alpha value is -1.50. The van der Waals surface area contributed by atoms with Crippen LogP contribution in [0.5, 0.6) is 0 Å². The maximum Gasteiger partial charge on any atom is 0.329 e. The summed E-state index contributed by atoms with van der Waals surface area (Å²) >= 11 is 0. The smallest absolute Gasteiger partial charge is 0.329 e. The molecule has 1 amide bonds. The molecule has 0 saturated carbocycles. The molecule has 0 aliphatic rings. The van der Waals surface area contributed by atoms with Crippen molar-refractivity contribution in [2.75, 3.05) is 7.11 Å². The fraction of sp³-hybridized carbons (Fsp3) is 0.556. The van der Waals surface area contributed by atoms with Crippen molar-refractivity contribution in [3.8, 4) is 11.8 Å². The topological polar surface area (TPSA) is 55.4 Å². The number of nitrogens with one attached hydrogen (secondary N) is 1. The molecule has 0 heterocycles. The maximum atomic E-state index is 11.0. The molecule has 4 heteroatoms. The normalized spacial score (nSPS) is 10.7. The van der Waals surface area contributed by atoms with E-state index in [2.05, 4.69) is 21.9 Å². The molecule has 4 nitrogen and oxygen atoms in total. The van der Waals surface area contributed by atoms with Gasteiger partial charge >= 0.3 is 5.97 Å². The predicted molar refractivity (Wildman–Crippen MR) is 47.7 cm³/mol. The van der Waals surface area contributed by atoms with Gasteiger partial charge in [-0.3, -0.25) is 4.79 Å². The number of methoxy groups -OCH3 is 1. The first-order valence-electron chi connectivity index (χ1n) is 3.86. The van der Waals surface area contributed by atoms with E-state index < -0.39 is 12.0 Å². The minimum atomic E-state index is -0.657. The van der Waals surface area contributed by atoms with Crippen LogP contribution < -0.4 is 5.32 Å². The third-order valence-corrected chi connectivity index (χ3v) is 1.35. The lowest BCUT2D eigenvalue weighted by atomic mass is 10.2. The molecule has 0 bridgehead atoms. The van der Waals surface area contributed by atoms with Gasteiger partial charge in [-0.1, -0.05) is 0 Å². The minimum absolute atomic E-state index is 0.270. The molecule has 0 aromatic heterocycles. The first-order valence-corrected chi connectivity index (χ1v) is 3.86. The average molecular weight is 183 g/mol. The molecule has 13 heavy (non-hydrogen) atoms. The van der Waals surface area contributed by atoms with Crippen LogP contribution >= 0.6 is 0 Å². The minimum Gasteiger partial charge on any atom is -0.467 e. The van der Waals surface area contributed by atoms with Gasteiger partial charge < -0.3 is 10.1 Å². The molecule has 0 aliphatic carbocycles. The second kappa shape index (κ2) is 6.06. The Bertz CT molecular complexity index is 249. The lowest BCUT2D eigenvalue weighted by molar-refractivity contribution is -0.144. The number of rotatable bonds is 3. The highest BCUT2D eigenvalue weighted by atomic mass is 16.5. The second-order valence-corrected chi connectivity index (χ2v) is 2.41. The van der Waals surface area contributed by atoms with Crippen molar-refractivity contribution in [3.05, 3.63) is 0 Å². The SMILES string of the molecule is CC#CC[C@@H](NC(C)=O)C(=O)OC. The number of carbonyl (C=O) groups is 2. The van der Waals surface area contributed by atoms with Crippen LogP contribution in [0.4, 0.5) is 0 Å². The van der Waals surface area contributed by atoms with Crippen molar-refractivity contribution < 1.29 is 14.3 Å². The van der Waals surface area contributed by atoms with Crippen LogP contribution in [-0.4, -0.2) is 25.0 Å². The zero-order chi connectivity index (χ0) is 10.3. The van der Waals surface area contributed by atoms with Gasteiger partial charge in [0.1, 0.15) is 6.04 Å². The van der Waals surface area contributed by atoms with E-state index in [1.165, 1.54) is 14.0 Å². The van der Waals surface area contributed by atoms with Gasteiger partial charge in [-0.2, -0.15) is 0 Å². The molecule has 0 aromatic rings. The van der Waals surface area contributed by atoms with Gasteiger partial charge in [0, 0.05) is 13.3 Å². The first kappa shape index (κ1) is 11.5. The summed E-state index contributed by atoms with van der Waals surface area (Å²) in [5, 5.41) is 2.45. The monoisotopic (exact) mass is 183 g/mol. The van der Waals surface area contributed by atoms with Crippen LogP contribution in [0.15, 0.2) is 0 Å². The highest BCUT2D eigenvalue weighted by Gasteiger charge is 2.18. The molecule has 0 radical (unpaired) electrons. The summed E-state index contributed by atoms with van der Waals surface area (Å²) in [5.41, 5.74) is 0. The molecule has 0 rings (SSSR count). The number of carbonyl (C=O) groups excluding carboxylic acids is 2. The fourth-order valence-corrected chi connectivity index (χ4v) is 0.785. The van der Waals surface area contributed by atoms with Crippen molar-refractivity contribution >= 4 is 11.9 Å². The standard InChI is InChI=1S/C9H13NO3/c1-4-5-6-8(9(12)13-3)10-7(2)11/h8H,6H2,1-3H3,(H,10,11)/t8-/m1/s1. The lowest BCUT2D eigenvalue weighted by Crippen LogP contribution is -2.40. The molecular formula is C9H13NO3. The summed E-state index contributed by atoms with van der Waals surface area (Å²) in [6.45, 7) is 3.01. The molecule has 0 aromatic carbocycles. The van der Waals surface area contributed by atoms with E-state index in [4.69, 9.17) is 0 Å². The Balaban J connectivity index is 4.23. The lowest BCUT2D eigenvalue weighted by Gasteiger charge is -2.11. The first-order chi connectivity index (χ1) is 6.11. The summed E-state index contributed by atoms with van der Waals surface area (Å²) in [7, 11) is 1.27. The molecule has 0 unspecified atom stereocenters. The van der Waals surface area contributed by atoms with E-state index >= 15 is 0 Å². The summed E-state index contributed by atoms with van der Waals surface area (Å²) in [6, 6.07) is -0.657. The zero-order valence-electron chi connectivity index (χ0n) is 8.01. The molecule has 1 N–H and O–H groups in total. The quantitative estimate of drug-likeness (QED) is 0.498. The molecule has 0 saturated heterocycles. The van der Waals surface area contributed by atoms with Crippen LogP contribution in [-0.2, 0) is 14.3 Å². The predicted octanol–water partition coefficient (Wildman–Crippen LogP) is 0.0775. The van der Waals surface area contributed by atoms with Gasteiger partial charge in [0.25, 0.3) is 0 Å². The van der Waals surface area contributed by atoms with E-state index in [9.17, 15) is 9.59 Å². The molecular weight excluding hydrogens is 170 g/mol. The Morgan fingerprint density at radius 1 is 1.54 bits per heavy atom. The van der Waals surface area contributed by atoms with Crippen molar-refractivity contribution in [2.45, 2.75) is 26.3 Å². The van der Waals surface area contributed by atoms with Gasteiger partial charge in [0.2, 0.25) is 5.91 Å². The van der Waals surface area contributed by atoms with Gasteiger partial charge in [-0.25, -0.2) is 4.79 Å². The van der Waals surface area contributed by atoms with E-state index in [0.717, 1.165) is 0 Å². The van der Waals surface area contributed by atoms with E-state index in [-0.39, 0.29) is 12.3 Å². The highest BCUT2D eigenvalue weighted by molar-refractivity contribution is 5.83. The molecule has 0 spiro atoms.